The van der Waals surface area contributed by atoms with Crippen LogP contribution in [0.4, 0.5) is 0 Å². The first-order valence-electron chi connectivity index (χ1n) is 7.73. The Kier molecular flexibility index (Phi) is 5.23. The van der Waals surface area contributed by atoms with E-state index >= 15 is 0 Å². The fourth-order valence-corrected chi connectivity index (χ4v) is 2.86. The molecule has 1 heterocycles. The van der Waals surface area contributed by atoms with E-state index in [1.807, 2.05) is 43.1 Å². The second kappa shape index (κ2) is 6.94. The fraction of sp³-hybridized carbons (Fsp3) is 0.588. The first kappa shape index (κ1) is 15.8. The second-order valence-electron chi connectivity index (χ2n) is 6.05. The van der Waals surface area contributed by atoms with E-state index in [1.165, 1.54) is 0 Å². The minimum absolute atomic E-state index is 0.217. The van der Waals surface area contributed by atoms with Gasteiger partial charge < -0.3 is 15.0 Å². The lowest BCUT2D eigenvalue weighted by Crippen LogP contribution is -2.46. The van der Waals surface area contributed by atoms with Crippen molar-refractivity contribution in [1.82, 2.24) is 10.2 Å². The number of rotatable bonds is 5. The Bertz CT molecular complexity index is 464. The lowest BCUT2D eigenvalue weighted by atomic mass is 9.79. The predicted octanol–water partition coefficient (Wildman–Crippen LogP) is 2.43. The minimum atomic E-state index is -0.217. The van der Waals surface area contributed by atoms with Gasteiger partial charge in [0.05, 0.1) is 6.61 Å². The van der Waals surface area contributed by atoms with Crippen LogP contribution in [0.25, 0.3) is 0 Å². The van der Waals surface area contributed by atoms with Crippen LogP contribution >= 0.6 is 0 Å². The third kappa shape index (κ3) is 3.97. The lowest BCUT2D eigenvalue weighted by molar-refractivity contribution is -0.141. The van der Waals surface area contributed by atoms with Crippen molar-refractivity contribution in [3.05, 3.63) is 29.8 Å². The third-order valence-corrected chi connectivity index (χ3v) is 4.22. The van der Waals surface area contributed by atoms with Crippen molar-refractivity contribution in [2.45, 2.75) is 33.2 Å². The van der Waals surface area contributed by atoms with Crippen molar-refractivity contribution < 1.29 is 9.53 Å². The largest absolute Gasteiger partial charge is 0.494 e. The zero-order chi connectivity index (χ0) is 15.3. The molecule has 0 saturated carbocycles. The van der Waals surface area contributed by atoms with Crippen molar-refractivity contribution >= 4 is 5.91 Å². The van der Waals surface area contributed by atoms with E-state index in [2.05, 4.69) is 12.2 Å². The summed E-state index contributed by atoms with van der Waals surface area (Å²) in [5.74, 6) is 1.12. The highest BCUT2D eigenvalue weighted by Crippen LogP contribution is 2.30. The van der Waals surface area contributed by atoms with E-state index in [-0.39, 0.29) is 11.3 Å². The van der Waals surface area contributed by atoms with Crippen LogP contribution in [0.5, 0.6) is 5.75 Å². The van der Waals surface area contributed by atoms with Crippen LogP contribution in [0.1, 0.15) is 32.3 Å². The van der Waals surface area contributed by atoms with E-state index < -0.39 is 0 Å². The summed E-state index contributed by atoms with van der Waals surface area (Å²) in [5, 5.41) is 3.32. The molecule has 1 aliphatic rings. The molecule has 116 valence electrons. The molecule has 0 aliphatic carbocycles. The summed E-state index contributed by atoms with van der Waals surface area (Å²) >= 11 is 0. The Morgan fingerprint density at radius 2 is 1.90 bits per heavy atom. The summed E-state index contributed by atoms with van der Waals surface area (Å²) in [6.07, 6.45) is 1.83. The molecule has 21 heavy (non-hydrogen) atoms. The Balaban J connectivity index is 1.96. The highest BCUT2D eigenvalue weighted by atomic mass is 16.5. The highest BCUT2D eigenvalue weighted by molar-refractivity contribution is 5.82. The Hall–Kier alpha value is -1.55. The lowest BCUT2D eigenvalue weighted by Gasteiger charge is -2.36. The molecule has 1 aromatic rings. The number of hydrogen-bond acceptors (Lipinski definition) is 3. The number of ether oxygens (including phenoxy) is 1. The molecule has 1 fully saturated rings. The third-order valence-electron chi connectivity index (χ3n) is 4.22. The minimum Gasteiger partial charge on any atom is -0.494 e. The van der Waals surface area contributed by atoms with Crippen LogP contribution in [-0.2, 0) is 11.3 Å². The molecule has 0 aromatic heterocycles. The quantitative estimate of drug-likeness (QED) is 0.905. The van der Waals surface area contributed by atoms with Gasteiger partial charge >= 0.3 is 0 Å². The van der Waals surface area contributed by atoms with Crippen LogP contribution < -0.4 is 10.1 Å². The average molecular weight is 290 g/mol. The smallest absolute Gasteiger partial charge is 0.228 e. The molecule has 1 saturated heterocycles. The molecule has 4 heteroatoms. The Labute approximate surface area is 127 Å². The topological polar surface area (TPSA) is 41.6 Å². The molecule has 2 rings (SSSR count). The summed E-state index contributed by atoms with van der Waals surface area (Å²) < 4.78 is 5.44. The summed E-state index contributed by atoms with van der Waals surface area (Å²) in [4.78, 5) is 14.5. The monoisotopic (exact) mass is 290 g/mol. The summed E-state index contributed by atoms with van der Waals surface area (Å²) in [6, 6.07) is 7.98. The average Bonchev–Trinajstić information content (AvgIpc) is 2.49. The van der Waals surface area contributed by atoms with Crippen LogP contribution in [0, 0.1) is 5.41 Å². The SMILES string of the molecule is CCOc1ccc(CN(C)C(=O)C2(C)CCNCC2)cc1. The van der Waals surface area contributed by atoms with Crippen molar-refractivity contribution in [2.75, 3.05) is 26.7 Å². The van der Waals surface area contributed by atoms with Gasteiger partial charge in [-0.05, 0) is 50.6 Å². The standard InChI is InChI=1S/C17H26N2O2/c1-4-21-15-7-5-14(6-8-15)13-19(3)16(20)17(2)9-11-18-12-10-17/h5-8,18H,4,9-13H2,1-3H3. The fourth-order valence-electron chi connectivity index (χ4n) is 2.86. The Morgan fingerprint density at radius 3 is 2.48 bits per heavy atom. The molecule has 0 radical (unpaired) electrons. The van der Waals surface area contributed by atoms with E-state index in [4.69, 9.17) is 4.74 Å². The number of hydrogen-bond donors (Lipinski definition) is 1. The van der Waals surface area contributed by atoms with E-state index in [9.17, 15) is 4.79 Å². The number of nitrogens with one attached hydrogen (secondary N) is 1. The van der Waals surface area contributed by atoms with Crippen LogP contribution in [0.3, 0.4) is 0 Å². The van der Waals surface area contributed by atoms with E-state index in [0.717, 1.165) is 37.2 Å². The molecule has 0 spiro atoms. The summed E-state index contributed by atoms with van der Waals surface area (Å²) in [6.45, 7) is 7.24. The van der Waals surface area contributed by atoms with Crippen molar-refractivity contribution in [3.63, 3.8) is 0 Å². The van der Waals surface area contributed by atoms with Crippen molar-refractivity contribution in [1.29, 1.82) is 0 Å². The van der Waals surface area contributed by atoms with Gasteiger partial charge in [0.2, 0.25) is 5.91 Å². The maximum absolute atomic E-state index is 12.7. The molecule has 0 unspecified atom stereocenters. The number of carbonyl (C=O) groups excluding carboxylic acids is 1. The molecular weight excluding hydrogens is 264 g/mol. The van der Waals surface area contributed by atoms with Gasteiger partial charge in [0.15, 0.2) is 0 Å². The van der Waals surface area contributed by atoms with Gasteiger partial charge in [-0.25, -0.2) is 0 Å². The maximum Gasteiger partial charge on any atom is 0.228 e. The van der Waals surface area contributed by atoms with Crippen LogP contribution in [0.15, 0.2) is 24.3 Å². The second-order valence-corrected chi connectivity index (χ2v) is 6.05. The molecule has 0 atom stereocenters. The van der Waals surface area contributed by atoms with Gasteiger partial charge in [-0.3, -0.25) is 4.79 Å². The van der Waals surface area contributed by atoms with Gasteiger partial charge in [0.1, 0.15) is 5.75 Å². The van der Waals surface area contributed by atoms with Crippen molar-refractivity contribution in [3.8, 4) is 5.75 Å². The number of nitrogens with zero attached hydrogens (tertiary/aromatic N) is 1. The normalized spacial score (nSPS) is 17.3. The zero-order valence-electron chi connectivity index (χ0n) is 13.3. The number of carbonyl (C=O) groups is 1. The molecular formula is C17H26N2O2. The number of piperidine rings is 1. The number of amides is 1. The molecule has 1 aromatic carbocycles. The van der Waals surface area contributed by atoms with E-state index in [0.29, 0.717) is 13.2 Å². The summed E-state index contributed by atoms with van der Waals surface area (Å²) in [7, 11) is 1.89. The van der Waals surface area contributed by atoms with Gasteiger partial charge in [-0.2, -0.15) is 0 Å². The molecule has 1 N–H and O–H groups in total. The van der Waals surface area contributed by atoms with Crippen molar-refractivity contribution in [2.24, 2.45) is 5.41 Å². The van der Waals surface area contributed by atoms with Crippen LogP contribution in [-0.4, -0.2) is 37.6 Å². The summed E-state index contributed by atoms with van der Waals surface area (Å²) in [5.41, 5.74) is 0.914. The molecule has 1 amide bonds. The first-order valence-corrected chi connectivity index (χ1v) is 7.73. The van der Waals surface area contributed by atoms with E-state index in [1.54, 1.807) is 0 Å². The number of benzene rings is 1. The van der Waals surface area contributed by atoms with Crippen LogP contribution in [0.2, 0.25) is 0 Å². The van der Waals surface area contributed by atoms with Gasteiger partial charge in [-0.15, -0.1) is 0 Å². The zero-order valence-corrected chi connectivity index (χ0v) is 13.3. The first-order chi connectivity index (χ1) is 10.0. The maximum atomic E-state index is 12.7. The molecule has 0 bridgehead atoms. The van der Waals surface area contributed by atoms with Gasteiger partial charge in [0.25, 0.3) is 0 Å². The van der Waals surface area contributed by atoms with Gasteiger partial charge in [-0.1, -0.05) is 19.1 Å². The van der Waals surface area contributed by atoms with Gasteiger partial charge in [0, 0.05) is 19.0 Å². The predicted molar refractivity (Wildman–Crippen MR) is 84.3 cm³/mol. The Morgan fingerprint density at radius 1 is 1.29 bits per heavy atom. The highest BCUT2D eigenvalue weighted by Gasteiger charge is 2.36. The molecule has 1 aliphatic heterocycles. The molecule has 4 nitrogen and oxygen atoms in total.